The monoisotopic (exact) mass is 340 g/mol. The molecule has 1 spiro atoms. The molecule has 0 unspecified atom stereocenters. The van der Waals surface area contributed by atoms with Crippen LogP contribution in [-0.4, -0.2) is 60.0 Å². The standard InChI is InChI=1S/C14H20N4O6/c1-8(10(20)16-12(22)15-2)24-9(19)7-18-11(21)14(17-13(18)23)5-3-4-6-14/h8H,3-7H2,1-2H3,(H,17,23)(H2,15,16,20,22)/t8-/m0/s1. The molecule has 0 bridgehead atoms. The lowest BCUT2D eigenvalue weighted by atomic mass is 9.98. The number of hydrogen-bond donors (Lipinski definition) is 3. The Kier molecular flexibility index (Phi) is 5.05. The maximum Gasteiger partial charge on any atom is 0.327 e. The number of rotatable bonds is 4. The quantitative estimate of drug-likeness (QED) is 0.455. The smallest absolute Gasteiger partial charge is 0.327 e. The van der Waals surface area contributed by atoms with Crippen LogP contribution in [0, 0.1) is 0 Å². The van der Waals surface area contributed by atoms with E-state index in [1.54, 1.807) is 0 Å². The molecule has 1 heterocycles. The van der Waals surface area contributed by atoms with Gasteiger partial charge >= 0.3 is 18.0 Å². The second-order valence-electron chi connectivity index (χ2n) is 5.81. The molecule has 0 aromatic rings. The Hall–Kier alpha value is -2.65. The van der Waals surface area contributed by atoms with Crippen molar-refractivity contribution in [1.29, 1.82) is 0 Å². The van der Waals surface area contributed by atoms with Crippen LogP contribution < -0.4 is 16.0 Å². The maximum absolute atomic E-state index is 12.4. The molecule has 10 nitrogen and oxygen atoms in total. The Labute approximate surface area is 138 Å². The van der Waals surface area contributed by atoms with Gasteiger partial charge in [-0.25, -0.2) is 9.59 Å². The van der Waals surface area contributed by atoms with Gasteiger partial charge in [0.15, 0.2) is 6.10 Å². The molecule has 1 atom stereocenters. The van der Waals surface area contributed by atoms with Gasteiger partial charge < -0.3 is 15.4 Å². The summed E-state index contributed by atoms with van der Waals surface area (Å²) in [6, 6.07) is -1.37. The summed E-state index contributed by atoms with van der Waals surface area (Å²) in [6.45, 7) is 0.699. The Morgan fingerprint density at radius 1 is 1.29 bits per heavy atom. The fourth-order valence-electron chi connectivity index (χ4n) is 2.83. The van der Waals surface area contributed by atoms with Crippen molar-refractivity contribution in [2.75, 3.05) is 13.6 Å². The van der Waals surface area contributed by atoms with Crippen molar-refractivity contribution in [3.8, 4) is 0 Å². The Bertz CT molecular complexity index is 584. The minimum atomic E-state index is -1.24. The number of hydrogen-bond acceptors (Lipinski definition) is 6. The molecule has 6 amide bonds. The third-order valence-electron chi connectivity index (χ3n) is 4.13. The van der Waals surface area contributed by atoms with Crippen LogP contribution >= 0.6 is 0 Å². The van der Waals surface area contributed by atoms with Crippen molar-refractivity contribution < 1.29 is 28.7 Å². The zero-order valence-electron chi connectivity index (χ0n) is 13.5. The van der Waals surface area contributed by atoms with Gasteiger partial charge in [-0.3, -0.25) is 24.6 Å². The van der Waals surface area contributed by atoms with Crippen molar-refractivity contribution in [3.63, 3.8) is 0 Å². The van der Waals surface area contributed by atoms with Gasteiger partial charge in [0, 0.05) is 7.05 Å². The van der Waals surface area contributed by atoms with Crippen LogP contribution in [0.15, 0.2) is 0 Å². The fraction of sp³-hybridized carbons (Fsp3) is 0.643. The van der Waals surface area contributed by atoms with Gasteiger partial charge in [-0.05, 0) is 19.8 Å². The van der Waals surface area contributed by atoms with Crippen molar-refractivity contribution in [1.82, 2.24) is 20.9 Å². The third-order valence-corrected chi connectivity index (χ3v) is 4.13. The van der Waals surface area contributed by atoms with Crippen LogP contribution in [-0.2, 0) is 19.1 Å². The van der Waals surface area contributed by atoms with Crippen molar-refractivity contribution in [2.45, 2.75) is 44.2 Å². The van der Waals surface area contributed by atoms with Gasteiger partial charge in [0.2, 0.25) is 0 Å². The van der Waals surface area contributed by atoms with Gasteiger partial charge in [-0.2, -0.15) is 0 Å². The number of carbonyl (C=O) groups excluding carboxylic acids is 5. The number of carbonyl (C=O) groups is 5. The molecule has 1 saturated heterocycles. The molecule has 2 fully saturated rings. The van der Waals surface area contributed by atoms with E-state index in [-0.39, 0.29) is 0 Å². The zero-order chi connectivity index (χ0) is 17.9. The minimum absolute atomic E-state index is 0.440. The summed E-state index contributed by atoms with van der Waals surface area (Å²) in [4.78, 5) is 59.7. The number of nitrogens with zero attached hydrogens (tertiary/aromatic N) is 1. The van der Waals surface area contributed by atoms with Crippen molar-refractivity contribution >= 4 is 29.8 Å². The highest BCUT2D eigenvalue weighted by atomic mass is 16.5. The molecule has 2 rings (SSSR count). The van der Waals surface area contributed by atoms with Crippen LogP contribution in [0.3, 0.4) is 0 Å². The number of urea groups is 2. The molecule has 132 valence electrons. The predicted octanol–water partition coefficient (Wildman–Crippen LogP) is -0.762. The van der Waals surface area contributed by atoms with E-state index in [4.69, 9.17) is 4.74 Å². The molecule has 1 aliphatic carbocycles. The number of nitrogens with one attached hydrogen (secondary N) is 3. The normalized spacial score (nSPS) is 19.8. The summed E-state index contributed by atoms with van der Waals surface area (Å²) in [7, 11) is 1.33. The van der Waals surface area contributed by atoms with Crippen LogP contribution in [0.25, 0.3) is 0 Å². The van der Waals surface area contributed by atoms with Crippen molar-refractivity contribution in [3.05, 3.63) is 0 Å². The second-order valence-corrected chi connectivity index (χ2v) is 5.81. The molecule has 0 aromatic carbocycles. The van der Waals surface area contributed by atoms with Gasteiger partial charge in [-0.1, -0.05) is 12.8 Å². The Morgan fingerprint density at radius 3 is 2.50 bits per heavy atom. The second kappa shape index (κ2) is 6.85. The lowest BCUT2D eigenvalue weighted by molar-refractivity contribution is -0.156. The maximum atomic E-state index is 12.4. The molecular weight excluding hydrogens is 320 g/mol. The van der Waals surface area contributed by atoms with Gasteiger partial charge in [0.25, 0.3) is 11.8 Å². The molecule has 1 saturated carbocycles. The van der Waals surface area contributed by atoms with Crippen LogP contribution in [0.2, 0.25) is 0 Å². The summed E-state index contributed by atoms with van der Waals surface area (Å²) in [5.41, 5.74) is -0.903. The molecular formula is C14H20N4O6. The first kappa shape index (κ1) is 17.7. The molecule has 2 aliphatic rings. The zero-order valence-corrected chi connectivity index (χ0v) is 13.5. The number of amides is 6. The molecule has 0 radical (unpaired) electrons. The Morgan fingerprint density at radius 2 is 1.92 bits per heavy atom. The third kappa shape index (κ3) is 3.47. The summed E-state index contributed by atoms with van der Waals surface area (Å²) in [5.74, 6) is -2.16. The van der Waals surface area contributed by atoms with Gasteiger partial charge in [0.05, 0.1) is 0 Å². The van der Waals surface area contributed by atoms with E-state index >= 15 is 0 Å². The minimum Gasteiger partial charge on any atom is -0.451 e. The number of ether oxygens (including phenoxy) is 1. The average molecular weight is 340 g/mol. The van der Waals surface area contributed by atoms with E-state index < -0.39 is 48.0 Å². The van der Waals surface area contributed by atoms with E-state index in [1.807, 2.05) is 5.32 Å². The first-order valence-electron chi connectivity index (χ1n) is 7.65. The van der Waals surface area contributed by atoms with E-state index in [2.05, 4.69) is 10.6 Å². The fourth-order valence-corrected chi connectivity index (χ4v) is 2.83. The molecule has 0 aromatic heterocycles. The molecule has 10 heteroatoms. The first-order chi connectivity index (χ1) is 11.3. The number of imide groups is 2. The lowest BCUT2D eigenvalue weighted by Crippen LogP contribution is -2.46. The van der Waals surface area contributed by atoms with E-state index in [1.165, 1.54) is 14.0 Å². The van der Waals surface area contributed by atoms with E-state index in [9.17, 15) is 24.0 Å². The average Bonchev–Trinajstić information content (AvgIpc) is 3.08. The summed E-state index contributed by atoms with van der Waals surface area (Å²) >= 11 is 0. The Balaban J connectivity index is 1.90. The number of esters is 1. The highest BCUT2D eigenvalue weighted by Gasteiger charge is 2.52. The first-order valence-corrected chi connectivity index (χ1v) is 7.65. The summed E-state index contributed by atoms with van der Waals surface area (Å²) < 4.78 is 4.86. The molecule has 24 heavy (non-hydrogen) atoms. The van der Waals surface area contributed by atoms with Gasteiger partial charge in [0.1, 0.15) is 12.1 Å². The lowest BCUT2D eigenvalue weighted by Gasteiger charge is -2.20. The van der Waals surface area contributed by atoms with Gasteiger partial charge in [-0.15, -0.1) is 0 Å². The van der Waals surface area contributed by atoms with E-state index in [0.29, 0.717) is 12.8 Å². The van der Waals surface area contributed by atoms with Crippen LogP contribution in [0.1, 0.15) is 32.6 Å². The predicted molar refractivity (Wildman–Crippen MR) is 79.6 cm³/mol. The van der Waals surface area contributed by atoms with Crippen LogP contribution in [0.5, 0.6) is 0 Å². The van der Waals surface area contributed by atoms with Crippen molar-refractivity contribution in [2.24, 2.45) is 0 Å². The van der Waals surface area contributed by atoms with E-state index in [0.717, 1.165) is 17.7 Å². The highest BCUT2D eigenvalue weighted by molar-refractivity contribution is 6.09. The topological polar surface area (TPSA) is 134 Å². The molecule has 1 aliphatic heterocycles. The largest absolute Gasteiger partial charge is 0.451 e. The molecule has 3 N–H and O–H groups in total. The highest BCUT2D eigenvalue weighted by Crippen LogP contribution is 2.34. The SMILES string of the molecule is CNC(=O)NC(=O)[C@H](C)OC(=O)CN1C(=O)NC2(CCCC2)C1=O. The summed E-state index contributed by atoms with van der Waals surface area (Å²) in [6.07, 6.45) is 1.53. The van der Waals surface area contributed by atoms with Crippen LogP contribution in [0.4, 0.5) is 9.59 Å². The summed E-state index contributed by atoms with van der Waals surface area (Å²) in [5, 5.41) is 6.79.